The summed E-state index contributed by atoms with van der Waals surface area (Å²) in [5, 5.41) is 2.33. The van der Waals surface area contributed by atoms with E-state index < -0.39 is 36.3 Å². The third-order valence-corrected chi connectivity index (χ3v) is 5.46. The first kappa shape index (κ1) is 15.6. The second-order valence-corrected chi connectivity index (χ2v) is 6.83. The van der Waals surface area contributed by atoms with Gasteiger partial charge in [0.15, 0.2) is 0 Å². The Kier molecular flexibility index (Phi) is 4.07. The number of esters is 1. The molecule has 1 aliphatic heterocycles. The Hall–Kier alpha value is -1.27. The Bertz CT molecular complexity index is 465. The molecule has 5 unspecified atom stereocenters. The van der Waals surface area contributed by atoms with Gasteiger partial charge in [0.25, 0.3) is 0 Å². The fourth-order valence-corrected chi connectivity index (χ4v) is 4.25. The van der Waals surface area contributed by atoms with E-state index in [1.54, 1.807) is 0 Å². The third kappa shape index (κ3) is 3.08. The van der Waals surface area contributed by atoms with Gasteiger partial charge in [0.05, 0.1) is 18.4 Å². The summed E-state index contributed by atoms with van der Waals surface area (Å²) >= 11 is 0. The van der Waals surface area contributed by atoms with E-state index in [0.717, 1.165) is 19.3 Å². The van der Waals surface area contributed by atoms with Gasteiger partial charge in [-0.05, 0) is 37.0 Å². The van der Waals surface area contributed by atoms with Crippen molar-refractivity contribution in [1.29, 1.82) is 0 Å². The van der Waals surface area contributed by atoms with Gasteiger partial charge in [-0.1, -0.05) is 6.42 Å². The molecule has 0 aromatic rings. The molecule has 1 heterocycles. The molecule has 22 heavy (non-hydrogen) atoms. The zero-order valence-electron chi connectivity index (χ0n) is 12.2. The zero-order valence-corrected chi connectivity index (χ0v) is 12.2. The van der Waals surface area contributed by atoms with Gasteiger partial charge in [0, 0.05) is 13.0 Å². The van der Waals surface area contributed by atoms with Crippen LogP contribution in [0.4, 0.5) is 13.2 Å². The molecule has 3 rings (SSSR count). The molecule has 5 atom stereocenters. The lowest BCUT2D eigenvalue weighted by Crippen LogP contribution is -2.50. The highest BCUT2D eigenvalue weighted by molar-refractivity contribution is 5.81. The summed E-state index contributed by atoms with van der Waals surface area (Å²) < 4.78 is 44.2. The van der Waals surface area contributed by atoms with Crippen LogP contribution >= 0.6 is 0 Å². The second kappa shape index (κ2) is 5.74. The van der Waals surface area contributed by atoms with Gasteiger partial charge in [0.1, 0.15) is 0 Å². The Morgan fingerprint density at radius 3 is 2.64 bits per heavy atom. The number of carbonyl (C=O) groups excluding carboxylic acids is 2. The van der Waals surface area contributed by atoms with Crippen LogP contribution in [-0.4, -0.2) is 31.2 Å². The molecule has 0 radical (unpaired) electrons. The van der Waals surface area contributed by atoms with E-state index in [1.165, 1.54) is 6.42 Å². The lowest BCUT2D eigenvalue weighted by molar-refractivity contribution is -0.204. The average molecular weight is 319 g/mol. The van der Waals surface area contributed by atoms with Crippen LogP contribution in [0.25, 0.3) is 0 Å². The number of carbonyl (C=O) groups is 2. The van der Waals surface area contributed by atoms with E-state index in [-0.39, 0.29) is 13.2 Å². The summed E-state index contributed by atoms with van der Waals surface area (Å²) in [4.78, 5) is 23.2. The number of hydrogen-bond acceptors (Lipinski definition) is 3. The van der Waals surface area contributed by atoms with Gasteiger partial charge in [-0.2, -0.15) is 13.2 Å². The van der Waals surface area contributed by atoms with Crippen LogP contribution in [0.1, 0.15) is 32.1 Å². The fraction of sp³-hybridized carbons (Fsp3) is 0.867. The van der Waals surface area contributed by atoms with E-state index in [4.69, 9.17) is 4.74 Å². The molecule has 3 aliphatic rings. The molecule has 1 saturated heterocycles. The second-order valence-electron chi connectivity index (χ2n) is 6.83. The smallest absolute Gasteiger partial charge is 0.393 e. The molecular weight excluding hydrogens is 299 g/mol. The third-order valence-electron chi connectivity index (χ3n) is 5.46. The molecule has 0 aromatic carbocycles. The first-order chi connectivity index (χ1) is 10.3. The molecule has 2 saturated carbocycles. The monoisotopic (exact) mass is 319 g/mol. The van der Waals surface area contributed by atoms with Gasteiger partial charge in [-0.15, -0.1) is 0 Å². The highest BCUT2D eigenvalue weighted by Crippen LogP contribution is 2.48. The molecule has 4 nitrogen and oxygen atoms in total. The lowest BCUT2D eigenvalue weighted by atomic mass is 9.85. The number of fused-ring (bicyclic) bond motifs is 2. The Morgan fingerprint density at radius 2 is 2.05 bits per heavy atom. The number of piperidine rings is 1. The molecule has 2 aliphatic carbocycles. The number of amides is 1. The van der Waals surface area contributed by atoms with Gasteiger partial charge in [-0.3, -0.25) is 9.59 Å². The number of nitrogens with one attached hydrogen (secondary N) is 1. The van der Waals surface area contributed by atoms with Crippen molar-refractivity contribution in [3.8, 4) is 0 Å². The van der Waals surface area contributed by atoms with Crippen LogP contribution in [0.15, 0.2) is 0 Å². The Labute approximate surface area is 126 Å². The van der Waals surface area contributed by atoms with Gasteiger partial charge >= 0.3 is 12.1 Å². The van der Waals surface area contributed by atoms with Crippen molar-refractivity contribution >= 4 is 11.9 Å². The maximum absolute atomic E-state index is 13.0. The van der Waals surface area contributed by atoms with Crippen molar-refractivity contribution in [2.24, 2.45) is 29.6 Å². The highest BCUT2D eigenvalue weighted by Gasteiger charge is 2.51. The molecule has 0 aromatic heterocycles. The highest BCUT2D eigenvalue weighted by atomic mass is 19.4. The van der Waals surface area contributed by atoms with Gasteiger partial charge < -0.3 is 10.1 Å². The Balaban J connectivity index is 1.57. The predicted octanol–water partition coefficient (Wildman–Crippen LogP) is 2.28. The van der Waals surface area contributed by atoms with Gasteiger partial charge in [0.2, 0.25) is 5.91 Å². The predicted molar refractivity (Wildman–Crippen MR) is 70.6 cm³/mol. The van der Waals surface area contributed by atoms with Crippen molar-refractivity contribution in [2.75, 3.05) is 13.2 Å². The van der Waals surface area contributed by atoms with Crippen molar-refractivity contribution in [1.82, 2.24) is 5.32 Å². The van der Waals surface area contributed by atoms with Gasteiger partial charge in [-0.25, -0.2) is 0 Å². The number of rotatable bonds is 3. The maximum Gasteiger partial charge on any atom is 0.393 e. The quantitative estimate of drug-likeness (QED) is 0.812. The molecule has 1 N–H and O–H groups in total. The minimum absolute atomic E-state index is 0.217. The number of ether oxygens (including phenoxy) is 1. The summed E-state index contributed by atoms with van der Waals surface area (Å²) in [5.41, 5.74) is 0. The molecule has 2 bridgehead atoms. The molecule has 1 amide bonds. The van der Waals surface area contributed by atoms with E-state index in [0.29, 0.717) is 17.8 Å². The summed E-state index contributed by atoms with van der Waals surface area (Å²) in [6.07, 6.45) is -0.725. The van der Waals surface area contributed by atoms with Crippen molar-refractivity contribution < 1.29 is 27.5 Å². The Morgan fingerprint density at radius 1 is 1.27 bits per heavy atom. The number of halogens is 3. The fourth-order valence-electron chi connectivity index (χ4n) is 4.25. The largest absolute Gasteiger partial charge is 0.465 e. The summed E-state index contributed by atoms with van der Waals surface area (Å²) in [7, 11) is 0. The van der Waals surface area contributed by atoms with Crippen LogP contribution in [0.5, 0.6) is 0 Å². The molecule has 7 heteroatoms. The van der Waals surface area contributed by atoms with Crippen LogP contribution in [0, 0.1) is 29.6 Å². The molecular formula is C15H20F3NO3. The first-order valence-electron chi connectivity index (χ1n) is 7.84. The van der Waals surface area contributed by atoms with Crippen molar-refractivity contribution in [3.63, 3.8) is 0 Å². The van der Waals surface area contributed by atoms with E-state index in [9.17, 15) is 22.8 Å². The number of hydrogen-bond donors (Lipinski definition) is 1. The van der Waals surface area contributed by atoms with E-state index in [1.807, 2.05) is 0 Å². The topological polar surface area (TPSA) is 55.4 Å². The van der Waals surface area contributed by atoms with E-state index in [2.05, 4.69) is 5.32 Å². The summed E-state index contributed by atoms with van der Waals surface area (Å²) in [5.74, 6) is -3.20. The van der Waals surface area contributed by atoms with Crippen LogP contribution in [0.3, 0.4) is 0 Å². The van der Waals surface area contributed by atoms with Crippen molar-refractivity contribution in [3.05, 3.63) is 0 Å². The van der Waals surface area contributed by atoms with Crippen LogP contribution in [0.2, 0.25) is 0 Å². The minimum atomic E-state index is -4.56. The van der Waals surface area contributed by atoms with Crippen LogP contribution in [-0.2, 0) is 14.3 Å². The first-order valence-corrected chi connectivity index (χ1v) is 7.84. The molecule has 124 valence electrons. The normalized spacial score (nSPS) is 38.0. The molecule has 0 spiro atoms. The SMILES string of the molecule is O=C1CC(C(F)(F)F)C(C(=O)OCC2CC3CCC2C3)CN1. The van der Waals surface area contributed by atoms with E-state index >= 15 is 0 Å². The summed E-state index contributed by atoms with van der Waals surface area (Å²) in [6.45, 7) is -0.0758. The lowest BCUT2D eigenvalue weighted by Gasteiger charge is -2.32. The zero-order chi connectivity index (χ0) is 15.9. The average Bonchev–Trinajstić information content (AvgIpc) is 3.06. The standard InChI is InChI=1S/C15H20F3NO3/c16-15(17,18)12-5-13(20)19-6-11(12)14(21)22-7-10-4-8-1-2-9(10)3-8/h8-12H,1-7H2,(H,19,20). The minimum Gasteiger partial charge on any atom is -0.465 e. The summed E-state index contributed by atoms with van der Waals surface area (Å²) in [6, 6.07) is 0. The molecule has 3 fully saturated rings. The van der Waals surface area contributed by atoms with Crippen LogP contribution < -0.4 is 5.32 Å². The maximum atomic E-state index is 13.0. The van der Waals surface area contributed by atoms with Crippen molar-refractivity contribution in [2.45, 2.75) is 38.3 Å². The number of alkyl halides is 3.